The Balaban J connectivity index is 0.000000216. The maximum absolute atomic E-state index is 15.4. The minimum absolute atomic E-state index is 0.0729. The van der Waals surface area contributed by atoms with Crippen LogP contribution in [0.5, 0.6) is 0 Å². The highest BCUT2D eigenvalue weighted by Gasteiger charge is 2.53. The van der Waals surface area contributed by atoms with Crippen LogP contribution in [0, 0.1) is 116 Å². The SMILES string of the molecule is Fc1c(F)c(F)c([B-](c2c(F)c(F)c(F)c(F)c2F)(c2c(F)c(F)c(F)c(F)c2F)c2c(F)c(F)c(F)c(F)c2F)c(F)c1F.O=C(OC1CCCCC1)c1ccc(C[P+](c2ccccc2)(c2ccccc2)c2ccccc2)cc1. The molecule has 8 aromatic carbocycles. The van der Waals surface area contributed by atoms with E-state index in [-0.39, 0.29) is 12.1 Å². The number of hydrogen-bond donors (Lipinski definition) is 0. The zero-order valence-electron chi connectivity index (χ0n) is 40.2. The van der Waals surface area contributed by atoms with Crippen molar-refractivity contribution in [2.24, 2.45) is 0 Å². The van der Waals surface area contributed by atoms with E-state index in [9.17, 15) is 57.5 Å². The normalized spacial score (nSPS) is 13.1. The van der Waals surface area contributed by atoms with Gasteiger partial charge in [-0.25, -0.2) is 92.6 Å². The van der Waals surface area contributed by atoms with Crippen LogP contribution in [0.3, 0.4) is 0 Å². The molecule has 1 aliphatic carbocycles. The first kappa shape index (κ1) is 58.5. The first-order valence-electron chi connectivity index (χ1n) is 23.5. The van der Waals surface area contributed by atoms with Gasteiger partial charge in [0.15, 0.2) is 69.8 Å². The van der Waals surface area contributed by atoms with Crippen LogP contribution in [-0.4, -0.2) is 18.2 Å². The van der Waals surface area contributed by atoms with Gasteiger partial charge in [-0.1, -0.05) is 73.2 Å². The molecule has 0 bridgehead atoms. The second-order valence-corrected chi connectivity index (χ2v) is 21.6. The van der Waals surface area contributed by atoms with Crippen molar-refractivity contribution in [1.82, 2.24) is 0 Å². The van der Waals surface area contributed by atoms with Gasteiger partial charge in [-0.05, 0) is 79.8 Å². The van der Waals surface area contributed by atoms with Crippen LogP contribution in [0.1, 0.15) is 48.0 Å². The Bertz CT molecular complexity index is 3180. The van der Waals surface area contributed by atoms with Gasteiger partial charge in [-0.3, -0.25) is 0 Å². The Kier molecular flexibility index (Phi) is 17.0. The Labute approximate surface area is 440 Å². The lowest BCUT2D eigenvalue weighted by molar-refractivity contribution is 0.0211. The van der Waals surface area contributed by atoms with Crippen molar-refractivity contribution in [1.29, 1.82) is 0 Å². The van der Waals surface area contributed by atoms with Crippen LogP contribution < -0.4 is 37.8 Å². The molecule has 2 nitrogen and oxygen atoms in total. The predicted molar refractivity (Wildman–Crippen MR) is 257 cm³/mol. The van der Waals surface area contributed by atoms with E-state index in [1.807, 2.05) is 12.1 Å². The largest absolute Gasteiger partial charge is 0.459 e. The van der Waals surface area contributed by atoms with Crippen molar-refractivity contribution in [2.75, 3.05) is 0 Å². The van der Waals surface area contributed by atoms with E-state index in [2.05, 4.69) is 103 Å². The fourth-order valence-corrected chi connectivity index (χ4v) is 14.3. The second-order valence-electron chi connectivity index (χ2n) is 18.1. The number of halogens is 20. The first-order chi connectivity index (χ1) is 38.0. The Morgan fingerprint density at radius 1 is 0.350 bits per heavy atom. The number of esters is 1. The van der Waals surface area contributed by atoms with E-state index in [1.54, 1.807) is 0 Å². The fourth-order valence-electron chi connectivity index (χ4n) is 10.1. The van der Waals surface area contributed by atoms with Gasteiger partial charge in [0.25, 0.3) is 0 Å². The summed E-state index contributed by atoms with van der Waals surface area (Å²) in [6.45, 7) is 0. The predicted octanol–water partition coefficient (Wildman–Crippen LogP) is 12.5. The van der Waals surface area contributed by atoms with Crippen LogP contribution in [0.4, 0.5) is 87.8 Å². The molecule has 416 valence electrons. The Morgan fingerprint density at radius 2 is 0.600 bits per heavy atom. The van der Waals surface area contributed by atoms with E-state index < -0.39 is 152 Å². The molecule has 0 spiro atoms. The molecule has 0 aliphatic heterocycles. The topological polar surface area (TPSA) is 26.3 Å². The first-order valence-corrected chi connectivity index (χ1v) is 25.5. The highest BCUT2D eigenvalue weighted by Crippen LogP contribution is 2.58. The van der Waals surface area contributed by atoms with Crippen molar-refractivity contribution in [3.05, 3.63) is 243 Å². The Hall–Kier alpha value is -7.68. The molecule has 0 radical (unpaired) electrons. The van der Waals surface area contributed by atoms with Gasteiger partial charge in [0, 0.05) is 0 Å². The maximum Gasteiger partial charge on any atom is 0.338 e. The zero-order valence-corrected chi connectivity index (χ0v) is 41.1. The quantitative estimate of drug-likeness (QED) is 0.0322. The lowest BCUT2D eigenvalue weighted by atomic mass is 9.12. The van der Waals surface area contributed by atoms with Gasteiger partial charge in [0.2, 0.25) is 0 Å². The Morgan fingerprint density at radius 3 is 0.863 bits per heavy atom. The molecule has 0 N–H and O–H groups in total. The van der Waals surface area contributed by atoms with Crippen molar-refractivity contribution in [3.8, 4) is 0 Å². The number of carbonyl (C=O) groups is 1. The average Bonchev–Trinajstić information content (AvgIpc) is 3.55. The molecule has 0 heterocycles. The second kappa shape index (κ2) is 23.2. The van der Waals surface area contributed by atoms with Crippen LogP contribution in [0.15, 0.2) is 115 Å². The lowest BCUT2D eigenvalue weighted by Crippen LogP contribution is -2.81. The van der Waals surface area contributed by atoms with Gasteiger partial charge in [0.1, 0.15) is 82.0 Å². The highest BCUT2D eigenvalue weighted by molar-refractivity contribution is 7.95. The van der Waals surface area contributed by atoms with Crippen molar-refractivity contribution >= 4 is 57.1 Å². The fraction of sp³-hybridized carbons (Fsp3) is 0.125. The average molecular weight is 1160 g/mol. The van der Waals surface area contributed by atoms with E-state index in [4.69, 9.17) is 4.74 Å². The molecule has 8 aromatic rings. The van der Waals surface area contributed by atoms with Crippen LogP contribution in [0.25, 0.3) is 0 Å². The highest BCUT2D eigenvalue weighted by atomic mass is 31.2. The molecule has 0 atom stereocenters. The van der Waals surface area contributed by atoms with Gasteiger partial charge >= 0.3 is 5.97 Å². The molecular formula is C56H32BF20O2P. The third kappa shape index (κ3) is 9.84. The van der Waals surface area contributed by atoms with Gasteiger partial charge < -0.3 is 4.74 Å². The number of ether oxygens (including phenoxy) is 1. The molecular weight excluding hydrogens is 1130 g/mol. The van der Waals surface area contributed by atoms with Gasteiger partial charge in [0.05, 0.1) is 11.7 Å². The summed E-state index contributed by atoms with van der Waals surface area (Å²) in [6.07, 6.45) is -0.720. The van der Waals surface area contributed by atoms with Crippen LogP contribution >= 0.6 is 7.26 Å². The van der Waals surface area contributed by atoms with Crippen molar-refractivity contribution < 1.29 is 97.3 Å². The number of rotatable bonds is 11. The van der Waals surface area contributed by atoms with E-state index in [1.165, 1.54) is 27.9 Å². The number of carbonyl (C=O) groups excluding carboxylic acids is 1. The summed E-state index contributed by atoms with van der Waals surface area (Å²) in [5.41, 5.74) is -12.5. The summed E-state index contributed by atoms with van der Waals surface area (Å²) in [6, 6.07) is 40.8. The summed E-state index contributed by atoms with van der Waals surface area (Å²) < 4.78 is 300. The molecule has 24 heteroatoms. The molecule has 1 aliphatic rings. The maximum atomic E-state index is 15.4. The van der Waals surface area contributed by atoms with E-state index in [0.717, 1.165) is 31.8 Å². The standard InChI is InChI=1S/C32H32O2P.C24BF20/c33-32(34-28-13-5-1-6-14-28)27-23-21-26(22-24-27)25-35(29-15-7-2-8-16-29,30-17-9-3-10-18-30)31-19-11-4-12-20-31;26-5-1(6(27)14(35)21(42)13(5)34)25(2-7(28)15(36)22(43)16(37)8(2)29,3-9(30)17(38)23(44)18(39)10(3)31)4-11(32)19(40)24(45)20(41)12(4)33/h2-4,7-12,15-24,28H,1,5-6,13-14,25H2;/q+1;-1. The number of hydrogen-bond acceptors (Lipinski definition) is 2. The molecule has 0 aromatic heterocycles. The summed E-state index contributed by atoms with van der Waals surface area (Å²) >= 11 is 0. The van der Waals surface area contributed by atoms with Gasteiger partial charge in [-0.15, -0.1) is 21.9 Å². The molecule has 0 saturated heterocycles. The lowest BCUT2D eigenvalue weighted by Gasteiger charge is -2.44. The van der Waals surface area contributed by atoms with Gasteiger partial charge in [-0.2, -0.15) is 0 Å². The van der Waals surface area contributed by atoms with E-state index in [0.29, 0.717) is 5.56 Å². The summed E-state index contributed by atoms with van der Waals surface area (Å²) in [7, 11) is -1.96. The third-order valence-corrected chi connectivity index (χ3v) is 18.1. The molecule has 80 heavy (non-hydrogen) atoms. The summed E-state index contributed by atoms with van der Waals surface area (Å²) in [5.74, 6) is -71.6. The minimum Gasteiger partial charge on any atom is -0.459 e. The molecule has 1 saturated carbocycles. The van der Waals surface area contributed by atoms with Crippen molar-refractivity contribution in [3.63, 3.8) is 0 Å². The smallest absolute Gasteiger partial charge is 0.338 e. The molecule has 9 rings (SSSR count). The van der Waals surface area contributed by atoms with Crippen molar-refractivity contribution in [2.45, 2.75) is 44.4 Å². The summed E-state index contributed by atoms with van der Waals surface area (Å²) in [4.78, 5) is 12.8. The third-order valence-electron chi connectivity index (χ3n) is 13.7. The molecule has 0 unspecified atom stereocenters. The molecule has 1 fully saturated rings. The van der Waals surface area contributed by atoms with Crippen LogP contribution in [0.2, 0.25) is 0 Å². The summed E-state index contributed by atoms with van der Waals surface area (Å²) in [5, 5.41) is 4.08. The zero-order chi connectivity index (χ0) is 58.3. The number of benzene rings is 8. The van der Waals surface area contributed by atoms with Crippen LogP contribution in [-0.2, 0) is 10.9 Å². The monoisotopic (exact) mass is 1160 g/mol. The minimum atomic E-state index is -7.22. The molecule has 0 amide bonds. The van der Waals surface area contributed by atoms with E-state index >= 15 is 35.1 Å².